The summed E-state index contributed by atoms with van der Waals surface area (Å²) in [5.74, 6) is 0. The van der Waals surface area contributed by atoms with Crippen molar-refractivity contribution in [1.82, 2.24) is 0 Å². The quantitative estimate of drug-likeness (QED) is 0.789. The number of nitrogens with two attached hydrogens (primary N) is 1. The smallest absolute Gasteiger partial charge is 0.0171 e. The molecule has 0 aliphatic rings. The van der Waals surface area contributed by atoms with E-state index in [2.05, 4.69) is 32.9 Å². The Morgan fingerprint density at radius 1 is 1.31 bits per heavy atom. The zero-order valence-corrected chi connectivity index (χ0v) is 9.58. The first kappa shape index (κ1) is 10.7. The third kappa shape index (κ3) is 3.12. The summed E-state index contributed by atoms with van der Waals surface area (Å²) in [5.41, 5.74) is 6.07. The molecule has 0 amide bonds. The zero-order valence-electron chi connectivity index (χ0n) is 8.76. The molecule has 0 saturated heterocycles. The lowest BCUT2D eigenvalue weighted by atomic mass is 9.95. The molecule has 1 atom stereocenters. The molecule has 0 aliphatic carbocycles. The maximum Gasteiger partial charge on any atom is 0.0171 e. The fourth-order valence-corrected chi connectivity index (χ4v) is 2.39. The van der Waals surface area contributed by atoms with Crippen LogP contribution in [0.1, 0.15) is 36.9 Å². The summed E-state index contributed by atoms with van der Waals surface area (Å²) in [7, 11) is 0. The molecule has 0 fully saturated rings. The van der Waals surface area contributed by atoms with Gasteiger partial charge in [0.25, 0.3) is 0 Å². The highest BCUT2D eigenvalue weighted by atomic mass is 32.1. The first-order chi connectivity index (χ1) is 6.07. The van der Waals surface area contributed by atoms with Gasteiger partial charge in [0.1, 0.15) is 0 Å². The number of hydrogen-bond donors (Lipinski definition) is 1. The molecule has 0 aliphatic heterocycles. The average Bonchev–Trinajstić information content (AvgIpc) is 2.52. The summed E-state index contributed by atoms with van der Waals surface area (Å²) in [5, 5.41) is 0. The highest BCUT2D eigenvalue weighted by Gasteiger charge is 2.16. The Morgan fingerprint density at radius 2 is 1.92 bits per heavy atom. The number of thiophene rings is 1. The molecule has 74 valence electrons. The number of rotatable bonds is 4. The van der Waals surface area contributed by atoms with Crippen LogP contribution in [-0.4, -0.2) is 5.54 Å². The second kappa shape index (κ2) is 4.25. The van der Waals surface area contributed by atoms with Gasteiger partial charge in [0, 0.05) is 15.3 Å². The Kier molecular flexibility index (Phi) is 3.51. The van der Waals surface area contributed by atoms with E-state index in [-0.39, 0.29) is 5.54 Å². The van der Waals surface area contributed by atoms with Gasteiger partial charge in [-0.15, -0.1) is 11.3 Å². The zero-order chi connectivity index (χ0) is 9.90. The van der Waals surface area contributed by atoms with Gasteiger partial charge in [-0.05, 0) is 38.3 Å². The van der Waals surface area contributed by atoms with E-state index in [0.29, 0.717) is 0 Å². The van der Waals surface area contributed by atoms with Crippen molar-refractivity contribution in [2.75, 3.05) is 0 Å². The Labute approximate surface area is 85.0 Å². The van der Waals surface area contributed by atoms with Gasteiger partial charge in [-0.3, -0.25) is 0 Å². The topological polar surface area (TPSA) is 26.0 Å². The highest BCUT2D eigenvalue weighted by Crippen LogP contribution is 2.22. The molecular weight excluding hydrogens is 178 g/mol. The number of hydrogen-bond acceptors (Lipinski definition) is 2. The van der Waals surface area contributed by atoms with Crippen molar-refractivity contribution < 1.29 is 0 Å². The summed E-state index contributed by atoms with van der Waals surface area (Å²) in [4.78, 5) is 2.88. The third-order valence-corrected chi connectivity index (χ3v) is 3.68. The summed E-state index contributed by atoms with van der Waals surface area (Å²) >= 11 is 1.90. The molecule has 0 radical (unpaired) electrons. The second-order valence-corrected chi connectivity index (χ2v) is 5.16. The van der Waals surface area contributed by atoms with Crippen LogP contribution in [0.15, 0.2) is 12.1 Å². The maximum atomic E-state index is 6.11. The molecule has 1 nitrogen and oxygen atoms in total. The van der Waals surface area contributed by atoms with Crippen molar-refractivity contribution in [3.8, 4) is 0 Å². The van der Waals surface area contributed by atoms with Crippen molar-refractivity contribution in [3.05, 3.63) is 21.9 Å². The third-order valence-electron chi connectivity index (χ3n) is 2.45. The summed E-state index contributed by atoms with van der Waals surface area (Å²) in [6.45, 7) is 6.46. The van der Waals surface area contributed by atoms with Gasteiger partial charge in [-0.25, -0.2) is 0 Å². The molecule has 1 rings (SSSR count). The molecule has 1 unspecified atom stereocenters. The molecular formula is C11H19NS. The number of aryl methyl sites for hydroxylation is 1. The Morgan fingerprint density at radius 3 is 2.38 bits per heavy atom. The summed E-state index contributed by atoms with van der Waals surface area (Å²) < 4.78 is 0. The van der Waals surface area contributed by atoms with Gasteiger partial charge in [0.15, 0.2) is 0 Å². The molecule has 1 heterocycles. The SMILES string of the molecule is CCc1ccc(CC(C)(N)CC)s1. The molecule has 0 saturated carbocycles. The molecule has 1 aromatic heterocycles. The van der Waals surface area contributed by atoms with E-state index in [9.17, 15) is 0 Å². The minimum absolute atomic E-state index is 0.0319. The molecule has 2 N–H and O–H groups in total. The fraction of sp³-hybridized carbons (Fsp3) is 0.636. The molecule has 13 heavy (non-hydrogen) atoms. The Bertz CT molecular complexity index is 263. The van der Waals surface area contributed by atoms with Gasteiger partial charge in [0.2, 0.25) is 0 Å². The lowest BCUT2D eigenvalue weighted by Gasteiger charge is -2.21. The lowest BCUT2D eigenvalue weighted by Crippen LogP contribution is -2.37. The molecule has 0 spiro atoms. The van der Waals surface area contributed by atoms with Crippen LogP contribution >= 0.6 is 11.3 Å². The van der Waals surface area contributed by atoms with E-state index in [1.807, 2.05) is 11.3 Å². The minimum Gasteiger partial charge on any atom is -0.325 e. The van der Waals surface area contributed by atoms with Crippen molar-refractivity contribution in [3.63, 3.8) is 0 Å². The van der Waals surface area contributed by atoms with Crippen LogP contribution < -0.4 is 5.73 Å². The van der Waals surface area contributed by atoms with Gasteiger partial charge in [-0.2, -0.15) is 0 Å². The van der Waals surface area contributed by atoms with Crippen LogP contribution in [0.25, 0.3) is 0 Å². The monoisotopic (exact) mass is 197 g/mol. The van der Waals surface area contributed by atoms with Crippen molar-refractivity contribution in [1.29, 1.82) is 0 Å². The standard InChI is InChI=1S/C11H19NS/c1-4-9-6-7-10(13-9)8-11(3,12)5-2/h6-7H,4-5,8,12H2,1-3H3. The minimum atomic E-state index is -0.0319. The van der Waals surface area contributed by atoms with Crippen molar-refractivity contribution >= 4 is 11.3 Å². The van der Waals surface area contributed by atoms with Gasteiger partial charge in [0.05, 0.1) is 0 Å². The average molecular weight is 197 g/mol. The predicted octanol–water partition coefficient (Wildman–Crippen LogP) is 2.98. The summed E-state index contributed by atoms with van der Waals surface area (Å²) in [6, 6.07) is 4.43. The normalized spacial score (nSPS) is 15.7. The van der Waals surface area contributed by atoms with Crippen molar-refractivity contribution in [2.45, 2.75) is 45.6 Å². The van der Waals surface area contributed by atoms with E-state index in [0.717, 1.165) is 19.3 Å². The van der Waals surface area contributed by atoms with E-state index in [4.69, 9.17) is 5.73 Å². The van der Waals surface area contributed by atoms with Gasteiger partial charge >= 0.3 is 0 Å². The molecule has 0 aromatic carbocycles. The van der Waals surface area contributed by atoms with E-state index in [1.54, 1.807) is 0 Å². The van der Waals surface area contributed by atoms with E-state index >= 15 is 0 Å². The van der Waals surface area contributed by atoms with Crippen LogP contribution in [0.3, 0.4) is 0 Å². The Hall–Kier alpha value is -0.340. The fourth-order valence-electron chi connectivity index (χ4n) is 1.23. The van der Waals surface area contributed by atoms with Crippen LogP contribution in [0.2, 0.25) is 0 Å². The van der Waals surface area contributed by atoms with Crippen LogP contribution in [-0.2, 0) is 12.8 Å². The van der Waals surface area contributed by atoms with E-state index < -0.39 is 0 Å². The highest BCUT2D eigenvalue weighted by molar-refractivity contribution is 7.12. The van der Waals surface area contributed by atoms with Crippen LogP contribution in [0, 0.1) is 0 Å². The van der Waals surface area contributed by atoms with Crippen molar-refractivity contribution in [2.24, 2.45) is 5.73 Å². The van der Waals surface area contributed by atoms with Crippen LogP contribution in [0.5, 0.6) is 0 Å². The second-order valence-electron chi connectivity index (χ2n) is 3.91. The molecule has 0 bridgehead atoms. The van der Waals surface area contributed by atoms with Crippen LogP contribution in [0.4, 0.5) is 0 Å². The molecule has 2 heteroatoms. The maximum absolute atomic E-state index is 6.11. The summed E-state index contributed by atoms with van der Waals surface area (Å²) in [6.07, 6.45) is 3.18. The Balaban J connectivity index is 2.63. The largest absolute Gasteiger partial charge is 0.325 e. The predicted molar refractivity (Wildman–Crippen MR) is 60.3 cm³/mol. The molecule has 1 aromatic rings. The lowest BCUT2D eigenvalue weighted by molar-refractivity contribution is 0.453. The first-order valence-electron chi connectivity index (χ1n) is 4.94. The van der Waals surface area contributed by atoms with Gasteiger partial charge < -0.3 is 5.73 Å². The first-order valence-corrected chi connectivity index (χ1v) is 5.75. The van der Waals surface area contributed by atoms with E-state index in [1.165, 1.54) is 9.75 Å². The van der Waals surface area contributed by atoms with Gasteiger partial charge in [-0.1, -0.05) is 13.8 Å².